The van der Waals surface area contributed by atoms with Crippen LogP contribution in [0.3, 0.4) is 0 Å². The van der Waals surface area contributed by atoms with E-state index in [1.54, 1.807) is 6.07 Å². The Morgan fingerprint density at radius 1 is 1.15 bits per heavy atom. The van der Waals surface area contributed by atoms with Gasteiger partial charge in [0, 0.05) is 17.0 Å². The number of aromatic nitrogens is 1. The normalized spacial score (nSPS) is 13.3. The summed E-state index contributed by atoms with van der Waals surface area (Å²) in [5.74, 6) is -0.968. The van der Waals surface area contributed by atoms with Crippen molar-refractivity contribution in [1.82, 2.24) is 4.98 Å². The highest BCUT2D eigenvalue weighted by Gasteiger charge is 2.34. The minimum absolute atomic E-state index is 0.132. The fourth-order valence-corrected chi connectivity index (χ4v) is 3.15. The second-order valence-electron chi connectivity index (χ2n) is 4.86. The maximum atomic E-state index is 12.1. The maximum absolute atomic E-state index is 12.1. The standard InChI is InChI=1S/C14H10N2O3S/c1-6(2)14-15-10-8-4-3-7(16-19)5-9(8)11(17)12(18)13(10)20-14/h3-6H,1-2H3. The van der Waals surface area contributed by atoms with Crippen LogP contribution in [0.15, 0.2) is 23.4 Å². The summed E-state index contributed by atoms with van der Waals surface area (Å²) in [5.41, 5.74) is 1.48. The maximum Gasteiger partial charge on any atom is 0.245 e. The van der Waals surface area contributed by atoms with Gasteiger partial charge in [0.15, 0.2) is 0 Å². The van der Waals surface area contributed by atoms with E-state index in [0.29, 0.717) is 16.1 Å². The van der Waals surface area contributed by atoms with Crippen molar-refractivity contribution in [2.45, 2.75) is 19.8 Å². The zero-order chi connectivity index (χ0) is 14.4. The molecule has 6 heteroatoms. The van der Waals surface area contributed by atoms with E-state index < -0.39 is 11.6 Å². The van der Waals surface area contributed by atoms with Gasteiger partial charge in [0.2, 0.25) is 11.6 Å². The fourth-order valence-electron chi connectivity index (χ4n) is 2.13. The average Bonchev–Trinajstić information content (AvgIpc) is 2.89. The van der Waals surface area contributed by atoms with Crippen LogP contribution in [0.5, 0.6) is 0 Å². The highest BCUT2D eigenvalue weighted by atomic mass is 32.1. The quantitative estimate of drug-likeness (QED) is 0.623. The Bertz CT molecular complexity index is 762. The molecule has 0 amide bonds. The minimum atomic E-state index is -0.600. The summed E-state index contributed by atoms with van der Waals surface area (Å²) >= 11 is 1.26. The van der Waals surface area contributed by atoms with Crippen molar-refractivity contribution < 1.29 is 9.59 Å². The highest BCUT2D eigenvalue weighted by Crippen LogP contribution is 2.39. The monoisotopic (exact) mass is 286 g/mol. The average molecular weight is 286 g/mol. The summed E-state index contributed by atoms with van der Waals surface area (Å²) in [6.45, 7) is 3.97. The Hall–Kier alpha value is -2.21. The van der Waals surface area contributed by atoms with Crippen LogP contribution in [0.25, 0.3) is 11.3 Å². The Morgan fingerprint density at radius 3 is 2.55 bits per heavy atom. The van der Waals surface area contributed by atoms with Crippen LogP contribution in [0.4, 0.5) is 5.69 Å². The predicted molar refractivity (Wildman–Crippen MR) is 75.8 cm³/mol. The number of rotatable bonds is 2. The lowest BCUT2D eigenvalue weighted by atomic mass is 9.91. The predicted octanol–water partition coefficient (Wildman–Crippen LogP) is 3.71. The topological polar surface area (TPSA) is 76.5 Å². The molecule has 1 aliphatic rings. The number of thiazole rings is 1. The molecule has 1 aromatic heterocycles. The molecule has 0 bridgehead atoms. The zero-order valence-corrected chi connectivity index (χ0v) is 11.7. The van der Waals surface area contributed by atoms with E-state index in [-0.39, 0.29) is 17.2 Å². The lowest BCUT2D eigenvalue weighted by Gasteiger charge is -2.12. The van der Waals surface area contributed by atoms with Gasteiger partial charge in [0.05, 0.1) is 10.7 Å². The minimum Gasteiger partial charge on any atom is -0.285 e. The Morgan fingerprint density at radius 2 is 1.90 bits per heavy atom. The van der Waals surface area contributed by atoms with Crippen molar-refractivity contribution >= 4 is 28.6 Å². The molecule has 3 rings (SSSR count). The molecule has 0 saturated carbocycles. The van der Waals surface area contributed by atoms with E-state index >= 15 is 0 Å². The van der Waals surface area contributed by atoms with Gasteiger partial charge in [0.1, 0.15) is 10.6 Å². The molecule has 0 unspecified atom stereocenters. The molecule has 20 heavy (non-hydrogen) atoms. The van der Waals surface area contributed by atoms with Crippen molar-refractivity contribution in [3.05, 3.63) is 38.6 Å². The summed E-state index contributed by atoms with van der Waals surface area (Å²) in [4.78, 5) is 39.7. The zero-order valence-electron chi connectivity index (χ0n) is 10.8. The number of carbonyl (C=O) groups is 2. The van der Waals surface area contributed by atoms with Crippen LogP contribution < -0.4 is 0 Å². The van der Waals surface area contributed by atoms with Crippen LogP contribution in [0, 0.1) is 4.91 Å². The lowest BCUT2D eigenvalue weighted by molar-refractivity contribution is 0.0817. The summed E-state index contributed by atoms with van der Waals surface area (Å²) in [6.07, 6.45) is 0. The van der Waals surface area contributed by atoms with Gasteiger partial charge in [-0.25, -0.2) is 4.98 Å². The number of hydrogen-bond donors (Lipinski definition) is 0. The summed E-state index contributed by atoms with van der Waals surface area (Å²) in [7, 11) is 0. The van der Waals surface area contributed by atoms with Crippen molar-refractivity contribution in [2.75, 3.05) is 0 Å². The number of fused-ring (bicyclic) bond motifs is 3. The highest BCUT2D eigenvalue weighted by molar-refractivity contribution is 7.15. The molecule has 1 heterocycles. The first kappa shape index (κ1) is 12.8. The number of nitrogens with zero attached hydrogens (tertiary/aromatic N) is 2. The van der Waals surface area contributed by atoms with Crippen LogP contribution in [0.2, 0.25) is 0 Å². The third-order valence-corrected chi connectivity index (χ3v) is 4.51. The van der Waals surface area contributed by atoms with Crippen molar-refractivity contribution in [3.8, 4) is 11.3 Å². The molecule has 0 fully saturated rings. The van der Waals surface area contributed by atoms with Crippen molar-refractivity contribution in [1.29, 1.82) is 0 Å². The Kier molecular flexibility index (Phi) is 2.83. The Labute approximate surface area is 118 Å². The van der Waals surface area contributed by atoms with Gasteiger partial charge < -0.3 is 0 Å². The molecule has 0 aliphatic heterocycles. The smallest absolute Gasteiger partial charge is 0.245 e. The number of benzene rings is 1. The first-order chi connectivity index (χ1) is 9.52. The molecule has 1 aromatic carbocycles. The van der Waals surface area contributed by atoms with Gasteiger partial charge in [-0.2, -0.15) is 0 Å². The van der Waals surface area contributed by atoms with Gasteiger partial charge >= 0.3 is 0 Å². The van der Waals surface area contributed by atoms with E-state index in [4.69, 9.17) is 0 Å². The molecule has 0 N–H and O–H groups in total. The molecular weight excluding hydrogens is 276 g/mol. The first-order valence-electron chi connectivity index (χ1n) is 6.10. The van der Waals surface area contributed by atoms with Gasteiger partial charge in [-0.3, -0.25) is 9.59 Å². The van der Waals surface area contributed by atoms with Gasteiger partial charge in [-0.1, -0.05) is 13.8 Å². The molecule has 0 spiro atoms. The molecule has 5 nitrogen and oxygen atoms in total. The van der Waals surface area contributed by atoms with E-state index in [9.17, 15) is 14.5 Å². The van der Waals surface area contributed by atoms with Crippen molar-refractivity contribution in [2.24, 2.45) is 5.18 Å². The van der Waals surface area contributed by atoms with Gasteiger partial charge in [-0.05, 0) is 23.4 Å². The van der Waals surface area contributed by atoms with E-state index in [2.05, 4.69) is 10.2 Å². The largest absolute Gasteiger partial charge is 0.285 e. The number of carbonyl (C=O) groups excluding carboxylic acids is 2. The lowest BCUT2D eigenvalue weighted by Crippen LogP contribution is -2.19. The summed E-state index contributed by atoms with van der Waals surface area (Å²) < 4.78 is 0. The molecule has 1 aliphatic carbocycles. The van der Waals surface area contributed by atoms with E-state index in [0.717, 1.165) is 5.01 Å². The first-order valence-corrected chi connectivity index (χ1v) is 6.92. The number of Topliss-reactive ketones (excluding diaryl/α,β-unsaturated/α-hetero) is 2. The molecular formula is C14H10N2O3S. The summed E-state index contributed by atoms with van der Waals surface area (Å²) in [6, 6.07) is 4.49. The van der Waals surface area contributed by atoms with Crippen LogP contribution in [0.1, 0.15) is 44.8 Å². The second kappa shape index (κ2) is 4.42. The molecule has 0 atom stereocenters. The van der Waals surface area contributed by atoms with E-state index in [1.165, 1.54) is 23.5 Å². The van der Waals surface area contributed by atoms with Gasteiger partial charge in [0.25, 0.3) is 0 Å². The number of ketones is 2. The van der Waals surface area contributed by atoms with Crippen LogP contribution in [-0.2, 0) is 0 Å². The number of nitroso groups, excluding NO2 is 1. The second-order valence-corrected chi connectivity index (χ2v) is 5.89. The van der Waals surface area contributed by atoms with E-state index in [1.807, 2.05) is 13.8 Å². The third-order valence-electron chi connectivity index (χ3n) is 3.16. The molecule has 0 saturated heterocycles. The fraction of sp³-hybridized carbons (Fsp3) is 0.214. The SMILES string of the molecule is CC(C)c1nc2c(s1)C(=O)C(=O)c1cc(N=O)ccc1-2. The summed E-state index contributed by atoms with van der Waals surface area (Å²) in [5, 5.41) is 3.62. The Balaban J connectivity index is 2.29. The third kappa shape index (κ3) is 1.72. The van der Waals surface area contributed by atoms with Gasteiger partial charge in [-0.15, -0.1) is 16.2 Å². The molecule has 100 valence electrons. The van der Waals surface area contributed by atoms with Crippen LogP contribution >= 0.6 is 11.3 Å². The van der Waals surface area contributed by atoms with Crippen LogP contribution in [-0.4, -0.2) is 16.6 Å². The number of hydrogen-bond acceptors (Lipinski definition) is 6. The molecule has 2 aromatic rings. The molecule has 0 radical (unpaired) electrons. The van der Waals surface area contributed by atoms with Crippen molar-refractivity contribution in [3.63, 3.8) is 0 Å².